The summed E-state index contributed by atoms with van der Waals surface area (Å²) in [4.78, 5) is 2.63. The lowest BCUT2D eigenvalue weighted by atomic mass is 9.78. The summed E-state index contributed by atoms with van der Waals surface area (Å²) in [6.45, 7) is 14.4. The maximum Gasteiger partial charge on any atom is 0.0505 e. The van der Waals surface area contributed by atoms with Crippen LogP contribution in [0, 0.1) is 0 Å². The molecule has 46 heavy (non-hydrogen) atoms. The van der Waals surface area contributed by atoms with Crippen molar-refractivity contribution in [3.63, 3.8) is 0 Å². The van der Waals surface area contributed by atoms with Crippen LogP contribution in [0.2, 0.25) is 0 Å². The Balaban J connectivity index is 1.29. The van der Waals surface area contributed by atoms with Crippen molar-refractivity contribution in [3.05, 3.63) is 160 Å². The van der Waals surface area contributed by atoms with E-state index in [9.17, 15) is 0 Å². The first-order valence-electron chi connectivity index (χ1n) is 16.9. The SMILES string of the molecule is CC1(C)C2=C(C=C(N(c3ccc4c(c3)C(C)(C)c3ccccc3-4)c3cccc4c3C(C)(C)c3ccccc3-4)CC2)c2ccccc21. The van der Waals surface area contributed by atoms with Crippen molar-refractivity contribution < 1.29 is 0 Å². The Morgan fingerprint density at radius 1 is 0.478 bits per heavy atom. The van der Waals surface area contributed by atoms with Crippen molar-refractivity contribution in [1.82, 2.24) is 0 Å². The number of allylic oxidation sites excluding steroid dienone is 4. The monoisotopic (exact) mass is 595 g/mol. The Labute approximate surface area is 273 Å². The Morgan fingerprint density at radius 2 is 1.04 bits per heavy atom. The molecule has 0 saturated heterocycles. The Bertz CT molecular complexity index is 2180. The Kier molecular flexibility index (Phi) is 5.55. The van der Waals surface area contributed by atoms with E-state index in [1.807, 2.05) is 0 Å². The third kappa shape index (κ3) is 3.52. The van der Waals surface area contributed by atoms with Crippen LogP contribution in [-0.4, -0.2) is 0 Å². The van der Waals surface area contributed by atoms with Crippen molar-refractivity contribution in [2.24, 2.45) is 0 Å². The summed E-state index contributed by atoms with van der Waals surface area (Å²) in [5.41, 5.74) is 20.8. The van der Waals surface area contributed by atoms with E-state index < -0.39 is 0 Å². The molecule has 0 fully saturated rings. The second kappa shape index (κ2) is 9.23. The normalized spacial score (nSPS) is 18.6. The summed E-state index contributed by atoms with van der Waals surface area (Å²) in [6.07, 6.45) is 4.61. The van der Waals surface area contributed by atoms with E-state index in [-0.39, 0.29) is 16.2 Å². The van der Waals surface area contributed by atoms with E-state index in [0.29, 0.717) is 0 Å². The molecule has 0 aliphatic heterocycles. The van der Waals surface area contributed by atoms with Gasteiger partial charge in [0.25, 0.3) is 0 Å². The molecule has 0 aromatic heterocycles. The molecule has 0 radical (unpaired) electrons. The predicted molar refractivity (Wildman–Crippen MR) is 194 cm³/mol. The molecule has 0 heterocycles. The molecule has 0 saturated carbocycles. The van der Waals surface area contributed by atoms with E-state index in [0.717, 1.165) is 12.8 Å². The van der Waals surface area contributed by atoms with Gasteiger partial charge in [-0.1, -0.05) is 138 Å². The molecule has 0 bridgehead atoms. The van der Waals surface area contributed by atoms with Gasteiger partial charge in [-0.15, -0.1) is 0 Å². The molecule has 0 spiro atoms. The molecular weight excluding hydrogens is 555 g/mol. The predicted octanol–water partition coefficient (Wildman–Crippen LogP) is 11.9. The zero-order valence-corrected chi connectivity index (χ0v) is 27.8. The first-order valence-corrected chi connectivity index (χ1v) is 16.9. The molecule has 0 amide bonds. The van der Waals surface area contributed by atoms with Gasteiger partial charge in [-0.3, -0.25) is 0 Å². The lowest BCUT2D eigenvalue weighted by Crippen LogP contribution is -2.25. The summed E-state index contributed by atoms with van der Waals surface area (Å²) in [5.74, 6) is 0. The van der Waals surface area contributed by atoms with Gasteiger partial charge in [0.05, 0.1) is 5.69 Å². The number of hydrogen-bond donors (Lipinski definition) is 0. The van der Waals surface area contributed by atoms with Crippen molar-refractivity contribution >= 4 is 16.9 Å². The van der Waals surface area contributed by atoms with Crippen molar-refractivity contribution in [2.45, 2.75) is 70.6 Å². The van der Waals surface area contributed by atoms with Gasteiger partial charge in [0.1, 0.15) is 0 Å². The Hall–Kier alpha value is -4.62. The summed E-state index contributed by atoms with van der Waals surface area (Å²) >= 11 is 0. The second-order valence-electron chi connectivity index (χ2n) is 15.3. The molecule has 5 aromatic carbocycles. The van der Waals surface area contributed by atoms with Crippen molar-refractivity contribution in [3.8, 4) is 22.3 Å². The van der Waals surface area contributed by atoms with Gasteiger partial charge in [0, 0.05) is 27.6 Å². The highest BCUT2D eigenvalue weighted by atomic mass is 15.2. The minimum Gasteiger partial charge on any atom is -0.314 e. The molecule has 0 N–H and O–H groups in total. The average Bonchev–Trinajstić information content (AvgIpc) is 3.55. The maximum absolute atomic E-state index is 2.63. The van der Waals surface area contributed by atoms with Gasteiger partial charge in [-0.2, -0.15) is 0 Å². The van der Waals surface area contributed by atoms with Crippen LogP contribution in [0.25, 0.3) is 27.8 Å². The van der Waals surface area contributed by atoms with Crippen molar-refractivity contribution in [2.75, 3.05) is 4.90 Å². The van der Waals surface area contributed by atoms with Gasteiger partial charge in [0.15, 0.2) is 0 Å². The fraction of sp³-hybridized carbons (Fsp3) is 0.244. The highest BCUT2D eigenvalue weighted by Crippen LogP contribution is 2.57. The fourth-order valence-electron chi connectivity index (χ4n) is 9.50. The van der Waals surface area contributed by atoms with Crippen LogP contribution in [0.1, 0.15) is 87.8 Å². The molecule has 4 aliphatic rings. The van der Waals surface area contributed by atoms with Crippen LogP contribution in [0.15, 0.2) is 127 Å². The topological polar surface area (TPSA) is 3.24 Å². The largest absolute Gasteiger partial charge is 0.314 e. The number of benzene rings is 5. The number of hydrogen-bond acceptors (Lipinski definition) is 1. The maximum atomic E-state index is 2.63. The number of nitrogens with zero attached hydrogens (tertiary/aromatic N) is 1. The first-order chi connectivity index (χ1) is 22.1. The minimum atomic E-state index is -0.116. The Morgan fingerprint density at radius 3 is 1.76 bits per heavy atom. The standard InChI is InChI=1S/C45H41N/c1-43(2)37-19-11-9-16-32(37)35-26-28(23-25-39(35)43)46(29-22-24-33-30-14-7-10-18-36(30)44(3,4)40(33)27-29)41-21-13-17-34-31-15-8-12-20-38(31)45(5,6)42(34)41/h7-22,24,26-27H,23,25H2,1-6H3. The molecule has 1 heteroatoms. The quantitative estimate of drug-likeness (QED) is 0.201. The summed E-state index contributed by atoms with van der Waals surface area (Å²) in [6, 6.07) is 41.3. The molecule has 226 valence electrons. The van der Waals surface area contributed by atoms with Gasteiger partial charge >= 0.3 is 0 Å². The molecule has 1 nitrogen and oxygen atoms in total. The van der Waals surface area contributed by atoms with Crippen LogP contribution in [0.5, 0.6) is 0 Å². The van der Waals surface area contributed by atoms with Crippen LogP contribution < -0.4 is 4.90 Å². The highest BCUT2D eigenvalue weighted by Gasteiger charge is 2.42. The molecule has 0 unspecified atom stereocenters. The van der Waals surface area contributed by atoms with E-state index in [4.69, 9.17) is 0 Å². The van der Waals surface area contributed by atoms with Crippen LogP contribution in [0.4, 0.5) is 11.4 Å². The van der Waals surface area contributed by atoms with Crippen LogP contribution >= 0.6 is 0 Å². The van der Waals surface area contributed by atoms with E-state index in [1.54, 1.807) is 5.57 Å². The lowest BCUT2D eigenvalue weighted by molar-refractivity contribution is 0.602. The van der Waals surface area contributed by atoms with Crippen LogP contribution in [0.3, 0.4) is 0 Å². The second-order valence-corrected chi connectivity index (χ2v) is 15.3. The highest BCUT2D eigenvalue weighted by molar-refractivity contribution is 5.93. The average molecular weight is 596 g/mol. The summed E-state index contributed by atoms with van der Waals surface area (Å²) < 4.78 is 0. The molecular formula is C45H41N. The molecule has 9 rings (SSSR count). The summed E-state index contributed by atoms with van der Waals surface area (Å²) in [7, 11) is 0. The zero-order valence-electron chi connectivity index (χ0n) is 27.8. The summed E-state index contributed by atoms with van der Waals surface area (Å²) in [5, 5.41) is 0. The smallest absolute Gasteiger partial charge is 0.0505 e. The fourth-order valence-corrected chi connectivity index (χ4v) is 9.50. The third-order valence-corrected chi connectivity index (χ3v) is 11.8. The number of rotatable bonds is 3. The number of anilines is 2. The van der Waals surface area contributed by atoms with E-state index in [1.165, 1.54) is 78.3 Å². The zero-order chi connectivity index (χ0) is 31.6. The van der Waals surface area contributed by atoms with Gasteiger partial charge in [-0.25, -0.2) is 0 Å². The van der Waals surface area contributed by atoms with Gasteiger partial charge in [-0.05, 0) is 98.3 Å². The van der Waals surface area contributed by atoms with Crippen LogP contribution in [-0.2, 0) is 16.2 Å². The minimum absolute atomic E-state index is 0.0553. The third-order valence-electron chi connectivity index (χ3n) is 11.8. The molecule has 5 aromatic rings. The van der Waals surface area contributed by atoms with Gasteiger partial charge in [0.2, 0.25) is 0 Å². The molecule has 4 aliphatic carbocycles. The van der Waals surface area contributed by atoms with Gasteiger partial charge < -0.3 is 4.90 Å². The van der Waals surface area contributed by atoms with Crippen molar-refractivity contribution in [1.29, 1.82) is 0 Å². The lowest BCUT2D eigenvalue weighted by Gasteiger charge is -2.36. The van der Waals surface area contributed by atoms with E-state index >= 15 is 0 Å². The van der Waals surface area contributed by atoms with E-state index in [2.05, 4.69) is 162 Å². The first kappa shape index (κ1) is 27.7. The number of fused-ring (bicyclic) bond motifs is 8. The molecule has 0 atom stereocenters.